The molecule has 0 bridgehead atoms. The van der Waals surface area contributed by atoms with Gasteiger partial charge in [-0.05, 0) is 45.9 Å². The topological polar surface area (TPSA) is 118 Å². The molecule has 2 rings (SSSR count). The molecule has 2 atom stereocenters. The smallest absolute Gasteiger partial charge is 0.444 e. The summed E-state index contributed by atoms with van der Waals surface area (Å²) in [5.74, 6) is -5.44. The maximum Gasteiger partial charge on any atom is 0.454 e. The molecule has 4 N–H and O–H groups in total. The zero-order valence-corrected chi connectivity index (χ0v) is 20.4. The van der Waals surface area contributed by atoms with Crippen molar-refractivity contribution in [3.05, 3.63) is 35.5 Å². The number of ether oxygens (including phenoxy) is 2. The molecule has 0 fully saturated rings. The van der Waals surface area contributed by atoms with Gasteiger partial charge < -0.3 is 20.1 Å². The molecule has 0 aliphatic carbocycles. The summed E-state index contributed by atoms with van der Waals surface area (Å²) in [6.45, 7) is 6.16. The number of hydrogen-bond donors (Lipinski definition) is 4. The van der Waals surface area contributed by atoms with Gasteiger partial charge in [0.05, 0.1) is 5.69 Å². The van der Waals surface area contributed by atoms with Gasteiger partial charge in [-0.25, -0.2) is 4.79 Å². The molecule has 0 spiro atoms. The van der Waals surface area contributed by atoms with Crippen LogP contribution in [-0.4, -0.2) is 54.4 Å². The van der Waals surface area contributed by atoms with Gasteiger partial charge in [-0.2, -0.15) is 17.6 Å². The number of hydrazine groups is 1. The van der Waals surface area contributed by atoms with Crippen LogP contribution in [0.4, 0.5) is 28.0 Å². The van der Waals surface area contributed by atoms with Crippen molar-refractivity contribution < 1.29 is 47.1 Å². The highest BCUT2D eigenvalue weighted by Gasteiger charge is 2.60. The average Bonchev–Trinajstić information content (AvgIpc) is 2.89. The van der Waals surface area contributed by atoms with Crippen LogP contribution < -0.4 is 21.5 Å². The predicted octanol–water partition coefficient (Wildman–Crippen LogP) is 4.62. The fourth-order valence-corrected chi connectivity index (χ4v) is 3.84. The number of amides is 3. The highest BCUT2D eigenvalue weighted by Crippen LogP contribution is 2.39. The van der Waals surface area contributed by atoms with E-state index in [1.54, 1.807) is 20.8 Å². The average molecular weight is 531 g/mol. The summed E-state index contributed by atoms with van der Waals surface area (Å²) in [7, 11) is 0.540. The summed E-state index contributed by atoms with van der Waals surface area (Å²) in [5.41, 5.74) is 2.26. The molecule has 1 aromatic carbocycles. The highest BCUT2D eigenvalue weighted by atomic mass is 32.2. The molecule has 0 saturated heterocycles. The number of anilines is 1. The van der Waals surface area contributed by atoms with E-state index in [9.17, 15) is 31.9 Å². The number of halogens is 4. The van der Waals surface area contributed by atoms with Gasteiger partial charge in [-0.15, -0.1) is 11.8 Å². The second-order valence-corrected chi connectivity index (χ2v) is 9.35. The van der Waals surface area contributed by atoms with Gasteiger partial charge >= 0.3 is 18.1 Å². The minimum atomic E-state index is -5.41. The highest BCUT2D eigenvalue weighted by molar-refractivity contribution is 7.99. The number of carbonyl (C=O) groups is 3. The number of nitrogens with one attached hydrogen (secondary N) is 4. The van der Waals surface area contributed by atoms with E-state index in [0.29, 0.717) is 12.0 Å². The first kappa shape index (κ1) is 28.2. The van der Waals surface area contributed by atoms with Crippen LogP contribution in [0, 0.1) is 0 Å². The Labute approximate surface area is 209 Å². The van der Waals surface area contributed by atoms with E-state index in [4.69, 9.17) is 4.74 Å². The van der Waals surface area contributed by atoms with Crippen molar-refractivity contribution in [1.82, 2.24) is 16.2 Å². The van der Waals surface area contributed by atoms with E-state index in [-0.39, 0.29) is 22.7 Å². The standard InChI is InChI=1S/C21H26F4N4O5S.4H2/c1-6-15(20(22,33-5)21(23,24)25)28-29-16(30)11-7-8-14-12(9-11)26-17(31)13(10-35-14)27-18(32)34-19(2,3)4;;;;/h6-9,13,28H,10H2,1-5H3,(H,26,31)(H,27,32)(H,29,30);4*1H/b15-6+;;;;/t13-,20?;;;;/m0..../s1. The minimum absolute atomic E-state index is 0. The lowest BCUT2D eigenvalue weighted by Crippen LogP contribution is -2.52. The Balaban J connectivity index is -0.00000324. The Morgan fingerprint density at radius 1 is 1.20 bits per heavy atom. The third kappa shape index (κ3) is 7.01. The quantitative estimate of drug-likeness (QED) is 0.313. The molecule has 0 aromatic heterocycles. The molecule has 1 unspecified atom stereocenters. The van der Waals surface area contributed by atoms with Gasteiger partial charge in [-0.3, -0.25) is 20.4 Å². The summed E-state index contributed by atoms with van der Waals surface area (Å²) >= 11 is 1.23. The van der Waals surface area contributed by atoms with Gasteiger partial charge in [0, 0.05) is 29.0 Å². The maximum atomic E-state index is 14.4. The Kier molecular flexibility index (Phi) is 8.65. The fourth-order valence-electron chi connectivity index (χ4n) is 2.83. The second kappa shape index (κ2) is 10.7. The number of alkyl carbamates (subject to hydrolysis) is 1. The molecular weight excluding hydrogens is 496 g/mol. The molecule has 35 heavy (non-hydrogen) atoms. The van der Waals surface area contributed by atoms with Crippen LogP contribution in [0.3, 0.4) is 0 Å². The molecule has 9 nitrogen and oxygen atoms in total. The van der Waals surface area contributed by atoms with E-state index in [1.165, 1.54) is 30.0 Å². The molecule has 0 saturated carbocycles. The Hall–Kier alpha value is -3.00. The van der Waals surface area contributed by atoms with Crippen molar-refractivity contribution in [2.45, 2.75) is 56.3 Å². The van der Waals surface area contributed by atoms with Gasteiger partial charge in [0.25, 0.3) is 5.91 Å². The number of rotatable bonds is 6. The number of benzene rings is 1. The van der Waals surface area contributed by atoms with E-state index in [2.05, 4.69) is 15.4 Å². The molecule has 14 heteroatoms. The summed E-state index contributed by atoms with van der Waals surface area (Å²) in [6.07, 6.45) is -5.41. The van der Waals surface area contributed by atoms with Crippen molar-refractivity contribution in [3.63, 3.8) is 0 Å². The summed E-state index contributed by atoms with van der Waals surface area (Å²) in [6, 6.07) is 3.26. The van der Waals surface area contributed by atoms with Crippen LogP contribution in [0.25, 0.3) is 0 Å². The first-order valence-corrected chi connectivity index (χ1v) is 11.2. The molecule has 202 valence electrons. The van der Waals surface area contributed by atoms with Crippen LogP contribution in [0.2, 0.25) is 0 Å². The van der Waals surface area contributed by atoms with Crippen LogP contribution in [0.15, 0.2) is 34.9 Å². The second-order valence-electron chi connectivity index (χ2n) is 8.29. The van der Waals surface area contributed by atoms with E-state index in [0.717, 1.165) is 13.0 Å². The number of methoxy groups -OCH3 is 1. The van der Waals surface area contributed by atoms with Crippen molar-refractivity contribution in [3.8, 4) is 0 Å². The maximum absolute atomic E-state index is 14.4. The SMILES string of the molecule is C/C=C(/NNC(=O)c1ccc2c(c1)NC(=O)[C@@H](NC(=O)OC(C)(C)C)CS2)C(F)(OC)C(F)(F)F.[HH].[HH].[HH].[HH]. The summed E-state index contributed by atoms with van der Waals surface area (Å²) in [4.78, 5) is 37.7. The van der Waals surface area contributed by atoms with Crippen molar-refractivity contribution in [1.29, 1.82) is 0 Å². The molecule has 1 heterocycles. The minimum Gasteiger partial charge on any atom is -0.444 e. The lowest BCUT2D eigenvalue weighted by molar-refractivity contribution is -0.308. The van der Waals surface area contributed by atoms with E-state index < -0.39 is 47.3 Å². The Bertz CT molecular complexity index is 1030. The van der Waals surface area contributed by atoms with Crippen LogP contribution in [-0.2, 0) is 14.3 Å². The van der Waals surface area contributed by atoms with Gasteiger partial charge in [0.1, 0.15) is 17.3 Å². The molecular formula is C21H34F4N4O5S. The van der Waals surface area contributed by atoms with Crippen LogP contribution in [0.1, 0.15) is 43.8 Å². The number of thioether (sulfide) groups is 1. The molecule has 1 aromatic rings. The molecule has 3 amide bonds. The Morgan fingerprint density at radius 3 is 2.40 bits per heavy atom. The van der Waals surface area contributed by atoms with Gasteiger partial charge in [0.15, 0.2) is 0 Å². The number of hydrogen-bond acceptors (Lipinski definition) is 7. The number of allylic oxidation sites excluding steroid dienone is 1. The van der Waals surface area contributed by atoms with E-state index in [1.807, 2.05) is 10.9 Å². The first-order valence-electron chi connectivity index (χ1n) is 10.2. The molecule has 1 aliphatic heterocycles. The van der Waals surface area contributed by atoms with Gasteiger partial charge in [0.2, 0.25) is 5.91 Å². The van der Waals surface area contributed by atoms with Crippen LogP contribution in [0.5, 0.6) is 0 Å². The lowest BCUT2D eigenvalue weighted by Gasteiger charge is -2.29. The predicted molar refractivity (Wildman–Crippen MR) is 129 cm³/mol. The van der Waals surface area contributed by atoms with E-state index >= 15 is 0 Å². The normalized spacial score (nSPS) is 18.4. The monoisotopic (exact) mass is 530 g/mol. The Morgan fingerprint density at radius 2 is 1.86 bits per heavy atom. The van der Waals surface area contributed by atoms with Crippen molar-refractivity contribution in [2.75, 3.05) is 18.2 Å². The summed E-state index contributed by atoms with van der Waals surface area (Å²) < 4.78 is 62.7. The third-order valence-electron chi connectivity index (χ3n) is 4.50. The molecule has 1 aliphatic rings. The van der Waals surface area contributed by atoms with Gasteiger partial charge in [-0.1, -0.05) is 6.08 Å². The van der Waals surface area contributed by atoms with Crippen molar-refractivity contribution >= 4 is 35.4 Å². The van der Waals surface area contributed by atoms with Crippen LogP contribution >= 0.6 is 11.8 Å². The first-order chi connectivity index (χ1) is 16.1. The van der Waals surface area contributed by atoms with Crippen molar-refractivity contribution in [2.24, 2.45) is 0 Å². The number of alkyl halides is 4. The zero-order chi connectivity index (χ0) is 26.6. The summed E-state index contributed by atoms with van der Waals surface area (Å²) in [5, 5.41) is 5.07. The number of carbonyl (C=O) groups excluding carboxylic acids is 3. The number of fused-ring (bicyclic) bond motifs is 1. The largest absolute Gasteiger partial charge is 0.454 e. The lowest BCUT2D eigenvalue weighted by atomic mass is 10.1. The third-order valence-corrected chi connectivity index (χ3v) is 5.67. The zero-order valence-electron chi connectivity index (χ0n) is 19.6. The fraction of sp³-hybridized carbons (Fsp3) is 0.476. The molecule has 0 radical (unpaired) electrons.